The summed E-state index contributed by atoms with van der Waals surface area (Å²) in [7, 11) is 1.36. The topological polar surface area (TPSA) is 65.1 Å². The lowest BCUT2D eigenvalue weighted by atomic mass is 9.72. The zero-order valence-electron chi connectivity index (χ0n) is 12.4. The Hall–Kier alpha value is -1.10. The summed E-state index contributed by atoms with van der Waals surface area (Å²) in [5.41, 5.74) is -1.40. The summed E-state index contributed by atoms with van der Waals surface area (Å²) in [6.07, 6.45) is 1.06. The maximum Gasteiger partial charge on any atom is 0.311 e. The van der Waals surface area contributed by atoms with Crippen molar-refractivity contribution in [2.24, 2.45) is 10.8 Å². The van der Waals surface area contributed by atoms with Gasteiger partial charge in [0.25, 0.3) is 0 Å². The van der Waals surface area contributed by atoms with Gasteiger partial charge in [-0.1, -0.05) is 6.92 Å². The van der Waals surface area contributed by atoms with Gasteiger partial charge >= 0.3 is 11.9 Å². The number of hydrogen-bond acceptors (Lipinski definition) is 5. The van der Waals surface area contributed by atoms with E-state index in [1.165, 1.54) is 7.11 Å². The molecule has 1 fully saturated rings. The van der Waals surface area contributed by atoms with Crippen molar-refractivity contribution >= 4 is 11.9 Å². The van der Waals surface area contributed by atoms with Gasteiger partial charge in [-0.25, -0.2) is 0 Å². The van der Waals surface area contributed by atoms with E-state index in [1.807, 2.05) is 13.8 Å². The smallest absolute Gasteiger partial charge is 0.311 e. The van der Waals surface area contributed by atoms with Crippen molar-refractivity contribution < 1.29 is 23.8 Å². The molecule has 0 aliphatic carbocycles. The van der Waals surface area contributed by atoms with Crippen molar-refractivity contribution in [3.05, 3.63) is 0 Å². The molecule has 2 unspecified atom stereocenters. The van der Waals surface area contributed by atoms with Crippen LogP contribution in [0.2, 0.25) is 0 Å². The average molecular weight is 272 g/mol. The molecular weight excluding hydrogens is 248 g/mol. The van der Waals surface area contributed by atoms with E-state index in [0.717, 1.165) is 0 Å². The third kappa shape index (κ3) is 4.20. The molecule has 2 atom stereocenters. The fourth-order valence-corrected chi connectivity index (χ4v) is 2.17. The van der Waals surface area contributed by atoms with E-state index in [1.54, 1.807) is 13.8 Å². The first-order chi connectivity index (χ1) is 8.75. The monoisotopic (exact) mass is 272 g/mol. The molecule has 19 heavy (non-hydrogen) atoms. The summed E-state index contributed by atoms with van der Waals surface area (Å²) in [4.78, 5) is 23.9. The van der Waals surface area contributed by atoms with Crippen LogP contribution < -0.4 is 0 Å². The van der Waals surface area contributed by atoms with Gasteiger partial charge in [-0.2, -0.15) is 0 Å². The van der Waals surface area contributed by atoms with E-state index >= 15 is 0 Å². The fraction of sp³-hybridized carbons (Fsp3) is 0.857. The van der Waals surface area contributed by atoms with Crippen LogP contribution in [-0.2, 0) is 23.8 Å². The third-order valence-electron chi connectivity index (χ3n) is 3.65. The number of carbonyl (C=O) groups excluding carboxylic acids is 2. The van der Waals surface area contributed by atoms with E-state index in [9.17, 15) is 9.59 Å². The van der Waals surface area contributed by atoms with Crippen molar-refractivity contribution in [2.75, 3.05) is 20.3 Å². The van der Waals surface area contributed by atoms with Gasteiger partial charge in [-0.15, -0.1) is 0 Å². The first-order valence-corrected chi connectivity index (χ1v) is 6.62. The van der Waals surface area contributed by atoms with Crippen molar-refractivity contribution in [1.29, 1.82) is 0 Å². The Balaban J connectivity index is 2.66. The molecule has 110 valence electrons. The molecule has 0 aromatic carbocycles. The zero-order chi connectivity index (χ0) is 14.7. The minimum absolute atomic E-state index is 0.0543. The van der Waals surface area contributed by atoms with Crippen LogP contribution in [0.3, 0.4) is 0 Å². The van der Waals surface area contributed by atoms with Gasteiger partial charge in [0.1, 0.15) is 12.7 Å². The molecule has 1 aliphatic heterocycles. The number of hydrogen-bond donors (Lipinski definition) is 0. The third-order valence-corrected chi connectivity index (χ3v) is 3.65. The van der Waals surface area contributed by atoms with E-state index in [4.69, 9.17) is 14.2 Å². The van der Waals surface area contributed by atoms with Crippen LogP contribution in [0.1, 0.15) is 40.5 Å². The molecule has 0 N–H and O–H groups in total. The first-order valence-electron chi connectivity index (χ1n) is 6.62. The summed E-state index contributed by atoms with van der Waals surface area (Å²) in [5.74, 6) is -0.590. The number of rotatable bonds is 7. The quantitative estimate of drug-likeness (QED) is 0.523. The molecule has 0 aromatic rings. The van der Waals surface area contributed by atoms with Crippen molar-refractivity contribution in [1.82, 2.24) is 0 Å². The summed E-state index contributed by atoms with van der Waals surface area (Å²) in [6, 6.07) is 0. The second-order valence-corrected chi connectivity index (χ2v) is 6.02. The van der Waals surface area contributed by atoms with E-state index < -0.39 is 10.8 Å². The SMILES string of the molecule is CCC(C)(CC(C)(C)C(=O)OC)C(=O)OCC1CO1. The van der Waals surface area contributed by atoms with Gasteiger partial charge in [-0.3, -0.25) is 9.59 Å². The number of methoxy groups -OCH3 is 1. The lowest BCUT2D eigenvalue weighted by Gasteiger charge is -2.33. The van der Waals surface area contributed by atoms with Gasteiger partial charge in [0.2, 0.25) is 0 Å². The summed E-state index contributed by atoms with van der Waals surface area (Å²) in [5, 5.41) is 0. The molecular formula is C14H24O5. The largest absolute Gasteiger partial charge is 0.469 e. The molecule has 5 heteroatoms. The van der Waals surface area contributed by atoms with Gasteiger partial charge in [0, 0.05) is 0 Å². The number of carbonyl (C=O) groups is 2. The maximum atomic E-state index is 12.2. The van der Waals surface area contributed by atoms with Crippen LogP contribution in [0, 0.1) is 10.8 Å². The second kappa shape index (κ2) is 5.90. The van der Waals surface area contributed by atoms with Gasteiger partial charge in [0.05, 0.1) is 24.5 Å². The van der Waals surface area contributed by atoms with Gasteiger partial charge in [-0.05, 0) is 33.6 Å². The number of ether oxygens (including phenoxy) is 3. The van der Waals surface area contributed by atoms with Crippen molar-refractivity contribution in [3.8, 4) is 0 Å². The van der Waals surface area contributed by atoms with Gasteiger partial charge in [0.15, 0.2) is 0 Å². The lowest BCUT2D eigenvalue weighted by Crippen LogP contribution is -2.38. The Morgan fingerprint density at radius 3 is 2.26 bits per heavy atom. The first kappa shape index (κ1) is 16.0. The van der Waals surface area contributed by atoms with Crippen LogP contribution in [0.4, 0.5) is 0 Å². The summed E-state index contributed by atoms with van der Waals surface area (Å²) < 4.78 is 15.1. The highest BCUT2D eigenvalue weighted by Gasteiger charge is 2.43. The molecule has 0 radical (unpaired) electrons. The van der Waals surface area contributed by atoms with E-state index in [-0.39, 0.29) is 18.0 Å². The van der Waals surface area contributed by atoms with Crippen LogP contribution >= 0.6 is 0 Å². The summed E-state index contributed by atoms with van der Waals surface area (Å²) >= 11 is 0. The van der Waals surface area contributed by atoms with Crippen molar-refractivity contribution in [3.63, 3.8) is 0 Å². The second-order valence-electron chi connectivity index (χ2n) is 6.02. The molecule has 5 nitrogen and oxygen atoms in total. The number of esters is 2. The summed E-state index contributed by atoms with van der Waals surface area (Å²) in [6.45, 7) is 8.26. The molecule has 1 aliphatic rings. The molecule has 0 aromatic heterocycles. The van der Waals surface area contributed by atoms with Crippen LogP contribution in [-0.4, -0.2) is 38.4 Å². The zero-order valence-corrected chi connectivity index (χ0v) is 12.4. The minimum atomic E-state index is -0.714. The highest BCUT2D eigenvalue weighted by Crippen LogP contribution is 2.38. The molecule has 1 heterocycles. The molecule has 0 saturated carbocycles. The lowest BCUT2D eigenvalue weighted by molar-refractivity contribution is -0.162. The van der Waals surface area contributed by atoms with Crippen LogP contribution in [0.5, 0.6) is 0 Å². The predicted molar refractivity (Wildman–Crippen MR) is 69.5 cm³/mol. The standard InChI is InChI=1S/C14H24O5/c1-6-14(4,9-13(2,3)11(15)17-5)12(16)19-8-10-7-18-10/h10H,6-9H2,1-5H3. The Bertz CT molecular complexity index is 346. The molecule has 1 saturated heterocycles. The van der Waals surface area contributed by atoms with Crippen LogP contribution in [0.25, 0.3) is 0 Å². The average Bonchev–Trinajstić information content (AvgIpc) is 3.17. The maximum absolute atomic E-state index is 12.2. The van der Waals surface area contributed by atoms with Crippen LogP contribution in [0.15, 0.2) is 0 Å². The fourth-order valence-electron chi connectivity index (χ4n) is 2.17. The molecule has 1 rings (SSSR count). The normalized spacial score (nSPS) is 21.4. The highest BCUT2D eigenvalue weighted by atomic mass is 16.6. The number of epoxide rings is 1. The Morgan fingerprint density at radius 1 is 1.26 bits per heavy atom. The Morgan fingerprint density at radius 2 is 1.84 bits per heavy atom. The van der Waals surface area contributed by atoms with E-state index in [0.29, 0.717) is 26.1 Å². The van der Waals surface area contributed by atoms with Gasteiger partial charge < -0.3 is 14.2 Å². The minimum Gasteiger partial charge on any atom is -0.469 e. The highest BCUT2D eigenvalue weighted by molar-refractivity contribution is 5.80. The Kier molecular flexibility index (Phi) is 4.96. The predicted octanol–water partition coefficient (Wildman–Crippen LogP) is 1.93. The van der Waals surface area contributed by atoms with E-state index in [2.05, 4.69) is 0 Å². The molecule has 0 amide bonds. The Labute approximate surface area is 114 Å². The molecule has 0 spiro atoms. The van der Waals surface area contributed by atoms with Crippen molar-refractivity contribution in [2.45, 2.75) is 46.6 Å². The molecule has 0 bridgehead atoms.